The summed E-state index contributed by atoms with van der Waals surface area (Å²) in [5, 5.41) is 0.555. The van der Waals surface area contributed by atoms with Crippen molar-refractivity contribution in [2.45, 2.75) is 23.3 Å². The molecule has 4 rings (SSSR count). The number of anilines is 1. The molecule has 0 saturated carbocycles. The maximum absolute atomic E-state index is 13.6. The van der Waals surface area contributed by atoms with Crippen LogP contribution in [-0.2, 0) is 16.4 Å². The average Bonchev–Trinajstić information content (AvgIpc) is 3.27. The quantitative estimate of drug-likeness (QED) is 0.342. The Kier molecular flexibility index (Phi) is 6.59. The van der Waals surface area contributed by atoms with E-state index in [-0.39, 0.29) is 23.1 Å². The van der Waals surface area contributed by atoms with Gasteiger partial charge in [0, 0.05) is 22.9 Å². The highest BCUT2D eigenvalue weighted by Gasteiger charge is 2.24. The lowest BCUT2D eigenvalue weighted by Gasteiger charge is -2.20. The van der Waals surface area contributed by atoms with Crippen LogP contribution in [0.15, 0.2) is 76.8 Å². The van der Waals surface area contributed by atoms with Gasteiger partial charge >= 0.3 is 0 Å². The Hall–Kier alpha value is -2.75. The Morgan fingerprint density at radius 1 is 1.12 bits per heavy atom. The lowest BCUT2D eigenvalue weighted by atomic mass is 10.2. The molecule has 0 aliphatic rings. The van der Waals surface area contributed by atoms with Crippen molar-refractivity contribution in [2.75, 3.05) is 16.9 Å². The number of carbonyl (C=O) groups is 1. The van der Waals surface area contributed by atoms with Crippen LogP contribution in [0.1, 0.15) is 22.8 Å². The number of benzene rings is 2. The first-order valence-corrected chi connectivity index (χ1v) is 13.6. The normalized spacial score (nSPS) is 11.6. The summed E-state index contributed by atoms with van der Waals surface area (Å²) in [4.78, 5) is 25.3. The summed E-state index contributed by atoms with van der Waals surface area (Å²) in [5.41, 5.74) is 2.00. The van der Waals surface area contributed by atoms with Crippen LogP contribution in [0.5, 0.6) is 0 Å². The Labute approximate surface area is 195 Å². The maximum atomic E-state index is 13.6. The van der Waals surface area contributed by atoms with E-state index in [1.807, 2.05) is 36.6 Å². The summed E-state index contributed by atoms with van der Waals surface area (Å²) in [6.07, 6.45) is 5.38. The molecule has 0 fully saturated rings. The minimum absolute atomic E-state index is 0.0284. The van der Waals surface area contributed by atoms with Gasteiger partial charge in [-0.3, -0.25) is 14.7 Å². The number of rotatable bonds is 7. The maximum Gasteiger partial charge on any atom is 0.260 e. The molecule has 0 saturated heterocycles. The summed E-state index contributed by atoms with van der Waals surface area (Å²) in [5.74, 6) is -0.342. The number of carbonyl (C=O) groups excluding carboxylic acids is 1. The number of aromatic nitrogens is 2. The van der Waals surface area contributed by atoms with Gasteiger partial charge in [0.15, 0.2) is 15.0 Å². The number of thioether (sulfide) groups is 1. The summed E-state index contributed by atoms with van der Waals surface area (Å²) < 4.78 is 25.7. The van der Waals surface area contributed by atoms with Crippen LogP contribution in [0.2, 0.25) is 0 Å². The number of sulfone groups is 1. The standard InChI is InChI=1S/C23H21N3O3S3/c1-3-32(28,29)18-9-4-8-17(13-18)22(27)26(15-16-7-6-12-24-14-16)23-25-21-19(30-2)10-5-11-20(21)31-23/h4-14H,3,15H2,1-2H3. The molecule has 0 radical (unpaired) electrons. The van der Waals surface area contributed by atoms with Gasteiger partial charge in [-0.1, -0.05) is 36.5 Å². The first-order chi connectivity index (χ1) is 15.4. The number of hydrogen-bond donors (Lipinski definition) is 0. The van der Waals surface area contributed by atoms with Gasteiger partial charge in [0.1, 0.15) is 0 Å². The molecule has 0 aliphatic carbocycles. The monoisotopic (exact) mass is 483 g/mol. The van der Waals surface area contributed by atoms with Crippen LogP contribution in [0.3, 0.4) is 0 Å². The second kappa shape index (κ2) is 9.40. The van der Waals surface area contributed by atoms with E-state index in [1.54, 1.807) is 48.1 Å². The summed E-state index contributed by atoms with van der Waals surface area (Å²) in [6, 6.07) is 15.9. The lowest BCUT2D eigenvalue weighted by Crippen LogP contribution is -2.30. The fraction of sp³-hybridized carbons (Fsp3) is 0.174. The van der Waals surface area contributed by atoms with Crippen molar-refractivity contribution in [2.24, 2.45) is 0 Å². The Bertz CT molecular complexity index is 1370. The molecule has 0 unspecified atom stereocenters. The third kappa shape index (κ3) is 4.55. The summed E-state index contributed by atoms with van der Waals surface area (Å²) >= 11 is 3.04. The number of hydrogen-bond acceptors (Lipinski definition) is 7. The number of nitrogens with zero attached hydrogens (tertiary/aromatic N) is 3. The van der Waals surface area contributed by atoms with E-state index < -0.39 is 9.84 Å². The molecule has 6 nitrogen and oxygen atoms in total. The molecule has 2 aromatic carbocycles. The first kappa shape index (κ1) is 22.4. The van der Waals surface area contributed by atoms with E-state index in [9.17, 15) is 13.2 Å². The van der Waals surface area contributed by atoms with Gasteiger partial charge in [0.2, 0.25) is 0 Å². The van der Waals surface area contributed by atoms with Crippen LogP contribution in [0.25, 0.3) is 10.2 Å². The molecule has 4 aromatic rings. The van der Waals surface area contributed by atoms with Crippen LogP contribution < -0.4 is 4.90 Å². The fourth-order valence-corrected chi connectivity index (χ4v) is 5.78. The van der Waals surface area contributed by atoms with Crippen LogP contribution in [-0.4, -0.2) is 36.3 Å². The predicted molar refractivity (Wildman–Crippen MR) is 130 cm³/mol. The van der Waals surface area contributed by atoms with Crippen molar-refractivity contribution in [3.8, 4) is 0 Å². The average molecular weight is 484 g/mol. The number of pyridine rings is 1. The van der Waals surface area contributed by atoms with E-state index in [0.29, 0.717) is 10.7 Å². The second-order valence-corrected chi connectivity index (χ2v) is 11.1. The highest BCUT2D eigenvalue weighted by atomic mass is 32.2. The van der Waals surface area contributed by atoms with Gasteiger partial charge in [-0.2, -0.15) is 0 Å². The number of thiazole rings is 1. The minimum atomic E-state index is -3.43. The van der Waals surface area contributed by atoms with E-state index >= 15 is 0 Å². The predicted octanol–water partition coefficient (Wildman–Crippen LogP) is 5.05. The van der Waals surface area contributed by atoms with Gasteiger partial charge in [-0.25, -0.2) is 13.4 Å². The first-order valence-electron chi connectivity index (χ1n) is 9.90. The topological polar surface area (TPSA) is 80.2 Å². The van der Waals surface area contributed by atoms with Gasteiger partial charge in [-0.05, 0) is 48.2 Å². The second-order valence-electron chi connectivity index (χ2n) is 6.99. The number of amides is 1. The van der Waals surface area contributed by atoms with E-state index in [0.717, 1.165) is 20.7 Å². The fourth-order valence-electron chi connectivity index (χ4n) is 3.24. The Morgan fingerprint density at radius 2 is 1.94 bits per heavy atom. The van der Waals surface area contributed by atoms with Gasteiger partial charge < -0.3 is 0 Å². The van der Waals surface area contributed by atoms with Crippen molar-refractivity contribution in [1.29, 1.82) is 0 Å². The molecule has 0 N–H and O–H groups in total. The van der Waals surface area contributed by atoms with Gasteiger partial charge in [0.05, 0.1) is 27.4 Å². The van der Waals surface area contributed by atoms with Gasteiger partial charge in [-0.15, -0.1) is 11.8 Å². The molecule has 0 spiro atoms. The Morgan fingerprint density at radius 3 is 2.66 bits per heavy atom. The number of para-hydroxylation sites is 1. The van der Waals surface area contributed by atoms with E-state index in [2.05, 4.69) is 4.98 Å². The SMILES string of the molecule is CCS(=O)(=O)c1cccc(C(=O)N(Cc2cccnc2)c2nc3c(SC)cccc3s2)c1. The highest BCUT2D eigenvalue weighted by molar-refractivity contribution is 7.98. The zero-order chi connectivity index (χ0) is 22.7. The Balaban J connectivity index is 1.80. The third-order valence-electron chi connectivity index (χ3n) is 4.95. The lowest BCUT2D eigenvalue weighted by molar-refractivity contribution is 0.0985. The summed E-state index contributed by atoms with van der Waals surface area (Å²) in [6.45, 7) is 1.86. The van der Waals surface area contributed by atoms with Crippen LogP contribution >= 0.6 is 23.1 Å². The largest absolute Gasteiger partial charge is 0.279 e. The molecular weight excluding hydrogens is 462 g/mol. The molecular formula is C23H21N3O3S3. The van der Waals surface area contributed by atoms with E-state index in [4.69, 9.17) is 4.98 Å². The molecule has 164 valence electrons. The minimum Gasteiger partial charge on any atom is -0.279 e. The van der Waals surface area contributed by atoms with Crippen molar-refractivity contribution in [1.82, 2.24) is 9.97 Å². The number of fused-ring (bicyclic) bond motifs is 1. The molecule has 2 heterocycles. The molecule has 2 aromatic heterocycles. The third-order valence-corrected chi connectivity index (χ3v) is 8.50. The highest BCUT2D eigenvalue weighted by Crippen LogP contribution is 2.35. The molecule has 32 heavy (non-hydrogen) atoms. The van der Waals surface area contributed by atoms with E-state index in [1.165, 1.54) is 23.5 Å². The smallest absolute Gasteiger partial charge is 0.260 e. The van der Waals surface area contributed by atoms with Crippen molar-refractivity contribution in [3.63, 3.8) is 0 Å². The van der Waals surface area contributed by atoms with Crippen molar-refractivity contribution >= 4 is 54.2 Å². The summed E-state index contributed by atoms with van der Waals surface area (Å²) in [7, 11) is -3.43. The zero-order valence-electron chi connectivity index (χ0n) is 17.6. The van der Waals surface area contributed by atoms with Crippen LogP contribution in [0.4, 0.5) is 5.13 Å². The molecule has 1 amide bonds. The van der Waals surface area contributed by atoms with Crippen molar-refractivity contribution < 1.29 is 13.2 Å². The molecule has 9 heteroatoms. The van der Waals surface area contributed by atoms with Crippen LogP contribution in [0, 0.1) is 0 Å². The molecule has 0 aliphatic heterocycles. The molecule has 0 bridgehead atoms. The van der Waals surface area contributed by atoms with Gasteiger partial charge in [0.25, 0.3) is 5.91 Å². The van der Waals surface area contributed by atoms with Crippen molar-refractivity contribution in [3.05, 3.63) is 78.1 Å². The zero-order valence-corrected chi connectivity index (χ0v) is 20.0. The molecule has 0 atom stereocenters.